The van der Waals surface area contributed by atoms with E-state index >= 15 is 0 Å². The molecule has 2 aromatic carbocycles. The van der Waals surface area contributed by atoms with Crippen LogP contribution in [0.5, 0.6) is 5.75 Å². The Morgan fingerprint density at radius 2 is 2.15 bits per heavy atom. The summed E-state index contributed by atoms with van der Waals surface area (Å²) in [4.78, 5) is 12.3. The Morgan fingerprint density at radius 1 is 1.30 bits per heavy atom. The van der Waals surface area contributed by atoms with E-state index in [9.17, 15) is 4.79 Å². The van der Waals surface area contributed by atoms with Crippen molar-refractivity contribution in [2.45, 2.75) is 16.6 Å². The lowest BCUT2D eigenvalue weighted by atomic mass is 10.1. The lowest BCUT2D eigenvalue weighted by Gasteiger charge is -2.12. The molecule has 0 aromatic heterocycles. The fraction of sp³-hybridized carbons (Fsp3) is 0.188. The van der Waals surface area contributed by atoms with Gasteiger partial charge in [0.05, 0.1) is 5.56 Å². The van der Waals surface area contributed by atoms with E-state index < -0.39 is 0 Å². The van der Waals surface area contributed by atoms with E-state index in [2.05, 4.69) is 24.3 Å². The van der Waals surface area contributed by atoms with Gasteiger partial charge in [-0.05, 0) is 36.2 Å². The first-order valence-corrected chi connectivity index (χ1v) is 7.64. The Balaban J connectivity index is 1.66. The Bertz CT molecular complexity index is 617. The fourth-order valence-electron chi connectivity index (χ4n) is 2.27. The van der Waals surface area contributed by atoms with E-state index in [4.69, 9.17) is 16.3 Å². The summed E-state index contributed by atoms with van der Waals surface area (Å²) in [5, 5.41) is 0.935. The fourth-order valence-corrected chi connectivity index (χ4v) is 3.67. The van der Waals surface area contributed by atoms with Gasteiger partial charge >= 0.3 is 0 Å². The molecule has 1 heterocycles. The number of carbonyl (C=O) groups excluding carboxylic acids is 1. The molecule has 0 bridgehead atoms. The van der Waals surface area contributed by atoms with Crippen LogP contribution in [0.4, 0.5) is 0 Å². The number of ether oxygens (including phenoxy) is 1. The third-order valence-electron chi connectivity index (χ3n) is 3.24. The monoisotopic (exact) mass is 304 g/mol. The second-order valence-corrected chi connectivity index (χ2v) is 6.44. The largest absolute Gasteiger partial charge is 0.492 e. The van der Waals surface area contributed by atoms with Crippen molar-refractivity contribution in [3.8, 4) is 5.75 Å². The van der Waals surface area contributed by atoms with Gasteiger partial charge in [-0.15, -0.1) is 11.8 Å². The van der Waals surface area contributed by atoms with Gasteiger partial charge in [0, 0.05) is 15.2 Å². The number of hydrogen-bond donors (Lipinski definition) is 0. The van der Waals surface area contributed by atoms with Crippen molar-refractivity contribution in [1.29, 1.82) is 0 Å². The molecule has 1 aliphatic heterocycles. The van der Waals surface area contributed by atoms with Crippen molar-refractivity contribution in [1.82, 2.24) is 0 Å². The average molecular weight is 305 g/mol. The third-order valence-corrected chi connectivity index (χ3v) is 4.76. The predicted molar refractivity (Wildman–Crippen MR) is 82.1 cm³/mol. The first-order chi connectivity index (χ1) is 9.76. The molecule has 2 aromatic rings. The van der Waals surface area contributed by atoms with Gasteiger partial charge in [-0.25, -0.2) is 0 Å². The highest BCUT2D eigenvalue weighted by Gasteiger charge is 2.22. The number of fused-ring (bicyclic) bond motifs is 1. The normalized spacial score (nSPS) is 16.8. The van der Waals surface area contributed by atoms with Crippen LogP contribution in [0.1, 0.15) is 15.9 Å². The summed E-state index contributed by atoms with van der Waals surface area (Å²) in [6.07, 6.45) is 1.78. The highest BCUT2D eigenvalue weighted by atomic mass is 35.5. The van der Waals surface area contributed by atoms with Crippen LogP contribution in [0.3, 0.4) is 0 Å². The van der Waals surface area contributed by atoms with Crippen molar-refractivity contribution < 1.29 is 9.53 Å². The van der Waals surface area contributed by atoms with Crippen LogP contribution in [0.15, 0.2) is 47.4 Å². The molecule has 0 saturated carbocycles. The molecule has 0 amide bonds. The van der Waals surface area contributed by atoms with Gasteiger partial charge < -0.3 is 4.74 Å². The SMILES string of the molecule is O=Cc1cc(Cl)ccc1OCC1Cc2ccccc2S1. The van der Waals surface area contributed by atoms with Crippen LogP contribution in [0.2, 0.25) is 5.02 Å². The van der Waals surface area contributed by atoms with Crippen LogP contribution in [-0.4, -0.2) is 18.1 Å². The maximum absolute atomic E-state index is 11.0. The standard InChI is InChI=1S/C16H13ClO2S/c17-13-5-6-15(12(7-13)9-18)19-10-14-8-11-3-1-2-4-16(11)20-14/h1-7,9,14H,8,10H2. The summed E-state index contributed by atoms with van der Waals surface area (Å²) in [5.41, 5.74) is 1.87. The second-order valence-electron chi connectivity index (χ2n) is 4.66. The molecule has 1 unspecified atom stereocenters. The summed E-state index contributed by atoms with van der Waals surface area (Å²) >= 11 is 7.70. The van der Waals surface area contributed by atoms with Gasteiger partial charge in [-0.1, -0.05) is 29.8 Å². The van der Waals surface area contributed by atoms with E-state index in [1.165, 1.54) is 10.5 Å². The highest BCUT2D eigenvalue weighted by Crippen LogP contribution is 2.37. The first kappa shape index (κ1) is 13.5. The van der Waals surface area contributed by atoms with Crippen molar-refractivity contribution >= 4 is 29.6 Å². The number of rotatable bonds is 4. The number of thioether (sulfide) groups is 1. The highest BCUT2D eigenvalue weighted by molar-refractivity contribution is 8.00. The predicted octanol–water partition coefficient (Wildman–Crippen LogP) is 4.25. The molecule has 1 atom stereocenters. The van der Waals surface area contributed by atoms with Gasteiger partial charge in [-0.2, -0.15) is 0 Å². The van der Waals surface area contributed by atoms with Crippen molar-refractivity contribution in [3.05, 3.63) is 58.6 Å². The van der Waals surface area contributed by atoms with E-state index in [0.29, 0.717) is 28.2 Å². The molecule has 0 spiro atoms. The van der Waals surface area contributed by atoms with Gasteiger partial charge in [0.15, 0.2) is 6.29 Å². The molecule has 1 aliphatic rings. The summed E-state index contributed by atoms with van der Waals surface area (Å²) < 4.78 is 5.79. The van der Waals surface area contributed by atoms with Gasteiger partial charge in [0.2, 0.25) is 0 Å². The molecule has 3 rings (SSSR count). The van der Waals surface area contributed by atoms with Crippen molar-refractivity contribution in [3.63, 3.8) is 0 Å². The Kier molecular flexibility index (Phi) is 3.99. The Labute approximate surface area is 127 Å². The van der Waals surface area contributed by atoms with E-state index in [0.717, 1.165) is 12.7 Å². The van der Waals surface area contributed by atoms with E-state index in [1.807, 2.05) is 11.8 Å². The van der Waals surface area contributed by atoms with Gasteiger partial charge in [0.1, 0.15) is 12.4 Å². The minimum Gasteiger partial charge on any atom is -0.492 e. The molecular weight excluding hydrogens is 292 g/mol. The van der Waals surface area contributed by atoms with Crippen molar-refractivity contribution in [2.75, 3.05) is 6.61 Å². The lowest BCUT2D eigenvalue weighted by molar-refractivity contribution is 0.111. The quantitative estimate of drug-likeness (QED) is 0.790. The van der Waals surface area contributed by atoms with Crippen LogP contribution in [-0.2, 0) is 6.42 Å². The average Bonchev–Trinajstić information content (AvgIpc) is 2.88. The Hall–Kier alpha value is -1.45. The third kappa shape index (κ3) is 2.84. The van der Waals surface area contributed by atoms with E-state index in [-0.39, 0.29) is 0 Å². The first-order valence-electron chi connectivity index (χ1n) is 6.38. The van der Waals surface area contributed by atoms with Crippen LogP contribution < -0.4 is 4.74 Å². The summed E-state index contributed by atoms with van der Waals surface area (Å²) in [5.74, 6) is 0.598. The number of carbonyl (C=O) groups is 1. The summed E-state index contributed by atoms with van der Waals surface area (Å²) in [6, 6.07) is 13.5. The van der Waals surface area contributed by atoms with Crippen molar-refractivity contribution in [2.24, 2.45) is 0 Å². The number of benzene rings is 2. The number of aldehydes is 1. The molecule has 0 radical (unpaired) electrons. The molecule has 4 heteroatoms. The topological polar surface area (TPSA) is 26.3 Å². The summed E-state index contributed by atoms with van der Waals surface area (Å²) in [7, 11) is 0. The van der Waals surface area contributed by atoms with Gasteiger partial charge in [0.25, 0.3) is 0 Å². The molecule has 0 fully saturated rings. The van der Waals surface area contributed by atoms with Crippen LogP contribution >= 0.6 is 23.4 Å². The molecule has 0 aliphatic carbocycles. The second kappa shape index (κ2) is 5.90. The molecule has 0 saturated heterocycles. The van der Waals surface area contributed by atoms with Crippen LogP contribution in [0.25, 0.3) is 0 Å². The Morgan fingerprint density at radius 3 is 2.95 bits per heavy atom. The maximum Gasteiger partial charge on any atom is 0.153 e. The molecule has 2 nitrogen and oxygen atoms in total. The lowest BCUT2D eigenvalue weighted by Crippen LogP contribution is -2.14. The minimum absolute atomic E-state index is 0.391. The summed E-state index contributed by atoms with van der Waals surface area (Å²) in [6.45, 7) is 0.585. The minimum atomic E-state index is 0.391. The van der Waals surface area contributed by atoms with E-state index in [1.54, 1.807) is 18.2 Å². The zero-order valence-corrected chi connectivity index (χ0v) is 12.3. The van der Waals surface area contributed by atoms with Gasteiger partial charge in [-0.3, -0.25) is 4.79 Å². The number of hydrogen-bond acceptors (Lipinski definition) is 3. The zero-order valence-electron chi connectivity index (χ0n) is 10.7. The zero-order chi connectivity index (χ0) is 13.9. The smallest absolute Gasteiger partial charge is 0.153 e. The number of halogens is 1. The van der Waals surface area contributed by atoms with Crippen LogP contribution in [0, 0.1) is 0 Å². The maximum atomic E-state index is 11.0. The molecule has 0 N–H and O–H groups in total. The molecular formula is C16H13ClO2S. The molecule has 102 valence electrons. The molecule has 20 heavy (non-hydrogen) atoms.